The van der Waals surface area contributed by atoms with Gasteiger partial charge in [0.05, 0.1) is 12.9 Å². The van der Waals surface area contributed by atoms with Crippen molar-refractivity contribution < 1.29 is 33.3 Å². The molecule has 1 fully saturated rings. The predicted molar refractivity (Wildman–Crippen MR) is 105 cm³/mol. The summed E-state index contributed by atoms with van der Waals surface area (Å²) in [4.78, 5) is 47.2. The molecule has 0 saturated carbocycles. The summed E-state index contributed by atoms with van der Waals surface area (Å²) in [7, 11) is 0. The van der Waals surface area contributed by atoms with Gasteiger partial charge in [0.2, 0.25) is 0 Å². The highest BCUT2D eigenvalue weighted by Gasteiger charge is 2.43. The molecular formula is C16H16ClIN4O7. The Labute approximate surface area is 183 Å². The highest BCUT2D eigenvalue weighted by molar-refractivity contribution is 14.1. The maximum atomic E-state index is 12.5. The molecule has 0 N–H and O–H groups in total. The first-order chi connectivity index (χ1) is 13.7. The normalized spacial score (nSPS) is 21.2. The third kappa shape index (κ3) is 5.30. The summed E-state index contributed by atoms with van der Waals surface area (Å²) < 4.78 is 22.9. The van der Waals surface area contributed by atoms with Crippen molar-refractivity contribution in [3.8, 4) is 0 Å². The van der Waals surface area contributed by atoms with E-state index in [-0.39, 0.29) is 24.9 Å². The molecule has 0 radical (unpaired) electrons. The Morgan fingerprint density at radius 1 is 1.28 bits per heavy atom. The number of aromatic nitrogens is 4. The molecule has 0 aliphatic carbocycles. The van der Waals surface area contributed by atoms with Gasteiger partial charge in [-0.25, -0.2) is 15.0 Å². The van der Waals surface area contributed by atoms with Crippen molar-refractivity contribution >= 4 is 63.3 Å². The summed E-state index contributed by atoms with van der Waals surface area (Å²) in [5, 5.41) is 0.180. The van der Waals surface area contributed by atoms with Crippen molar-refractivity contribution in [1.82, 2.24) is 19.5 Å². The van der Waals surface area contributed by atoms with Gasteiger partial charge in [-0.3, -0.25) is 14.4 Å². The predicted octanol–water partition coefficient (Wildman–Crippen LogP) is 0.890. The van der Waals surface area contributed by atoms with Gasteiger partial charge < -0.3 is 23.5 Å². The van der Waals surface area contributed by atoms with E-state index in [9.17, 15) is 14.4 Å². The van der Waals surface area contributed by atoms with E-state index in [0.717, 1.165) is 0 Å². The Morgan fingerprint density at radius 3 is 2.72 bits per heavy atom. The summed E-state index contributed by atoms with van der Waals surface area (Å²) in [5.74, 6) is -1.69. The van der Waals surface area contributed by atoms with E-state index in [2.05, 4.69) is 15.0 Å². The number of carbonyl (C=O) groups excluding carboxylic acids is 3. The van der Waals surface area contributed by atoms with Crippen molar-refractivity contribution in [2.75, 3.05) is 13.2 Å². The van der Waals surface area contributed by atoms with Gasteiger partial charge in [0.1, 0.15) is 24.8 Å². The first kappa shape index (κ1) is 21.6. The van der Waals surface area contributed by atoms with Crippen molar-refractivity contribution in [2.24, 2.45) is 0 Å². The average Bonchev–Trinajstić information content (AvgIpc) is 3.18. The second kappa shape index (κ2) is 9.17. The number of esters is 3. The molecular weight excluding hydrogens is 523 g/mol. The second-order valence-corrected chi connectivity index (χ2v) is 7.43. The Kier molecular flexibility index (Phi) is 6.85. The Hall–Kier alpha value is -2.06. The van der Waals surface area contributed by atoms with Crippen molar-refractivity contribution in [3.63, 3.8) is 0 Å². The molecule has 11 nitrogen and oxygen atoms in total. The molecule has 0 amide bonds. The average molecular weight is 539 g/mol. The van der Waals surface area contributed by atoms with E-state index >= 15 is 0 Å². The number of hydrogen-bond acceptors (Lipinski definition) is 10. The Morgan fingerprint density at radius 2 is 2.03 bits per heavy atom. The smallest absolute Gasteiger partial charge is 0.326 e. The molecule has 2 aromatic heterocycles. The number of imidazole rings is 1. The number of rotatable bonds is 6. The highest BCUT2D eigenvalue weighted by atomic mass is 127. The molecule has 13 heteroatoms. The number of ether oxygens (including phenoxy) is 4. The van der Waals surface area contributed by atoms with Crippen LogP contribution in [0.3, 0.4) is 0 Å². The maximum Gasteiger partial charge on any atom is 0.326 e. The van der Waals surface area contributed by atoms with Crippen LogP contribution in [0.5, 0.6) is 0 Å². The fourth-order valence-electron chi connectivity index (χ4n) is 2.78. The van der Waals surface area contributed by atoms with Crippen molar-refractivity contribution in [1.29, 1.82) is 0 Å². The molecule has 29 heavy (non-hydrogen) atoms. The lowest BCUT2D eigenvalue weighted by molar-refractivity contribution is -0.166. The van der Waals surface area contributed by atoms with Crippen LogP contribution in [0.25, 0.3) is 11.2 Å². The van der Waals surface area contributed by atoms with Crippen molar-refractivity contribution in [2.45, 2.75) is 38.7 Å². The van der Waals surface area contributed by atoms with E-state index in [1.54, 1.807) is 0 Å². The quantitative estimate of drug-likeness (QED) is 0.172. The summed E-state index contributed by atoms with van der Waals surface area (Å²) >= 11 is 7.94. The first-order valence-electron chi connectivity index (χ1n) is 8.40. The fourth-order valence-corrected chi connectivity index (χ4v) is 3.61. The minimum absolute atomic E-state index is 0.00775. The van der Waals surface area contributed by atoms with Crippen LogP contribution in [0.15, 0.2) is 6.33 Å². The monoisotopic (exact) mass is 538 g/mol. The van der Waals surface area contributed by atoms with Gasteiger partial charge in [-0.1, -0.05) is 11.6 Å². The minimum atomic E-state index is -0.895. The van der Waals surface area contributed by atoms with Crippen LogP contribution in [0.2, 0.25) is 5.15 Å². The zero-order chi connectivity index (χ0) is 21.1. The van der Waals surface area contributed by atoms with Crippen LogP contribution in [0, 0.1) is 3.83 Å². The number of carbonyl (C=O) groups is 3. The van der Waals surface area contributed by atoms with E-state index < -0.39 is 36.2 Å². The van der Waals surface area contributed by atoms with Gasteiger partial charge in [-0.15, -0.1) is 0 Å². The molecule has 0 bridgehead atoms. The topological polar surface area (TPSA) is 132 Å². The van der Waals surface area contributed by atoms with Crippen LogP contribution < -0.4 is 0 Å². The van der Waals surface area contributed by atoms with E-state index in [0.29, 0.717) is 15.0 Å². The molecule has 1 aliphatic heterocycles. The third-order valence-electron chi connectivity index (χ3n) is 3.94. The number of fused-ring (bicyclic) bond motifs is 1. The van der Waals surface area contributed by atoms with Crippen molar-refractivity contribution in [3.05, 3.63) is 15.3 Å². The number of nitrogens with zero attached hydrogens (tertiary/aromatic N) is 4. The zero-order valence-corrected chi connectivity index (χ0v) is 18.2. The maximum absolute atomic E-state index is 12.5. The zero-order valence-electron chi connectivity index (χ0n) is 15.3. The van der Waals surface area contributed by atoms with Crippen LogP contribution >= 0.6 is 34.2 Å². The molecule has 3 heterocycles. The molecule has 2 aromatic rings. The van der Waals surface area contributed by atoms with Crippen LogP contribution in [-0.4, -0.2) is 69.0 Å². The Balaban J connectivity index is 1.69. The molecule has 0 spiro atoms. The molecule has 3 rings (SSSR count). The highest BCUT2D eigenvalue weighted by Crippen LogP contribution is 2.23. The van der Waals surface area contributed by atoms with E-state index in [4.69, 9.17) is 30.5 Å². The molecule has 1 aliphatic rings. The summed E-state index contributed by atoms with van der Waals surface area (Å²) in [6, 6.07) is 0. The molecule has 156 valence electrons. The first-order valence-corrected chi connectivity index (χ1v) is 9.85. The minimum Gasteiger partial charge on any atom is -0.463 e. The van der Waals surface area contributed by atoms with Gasteiger partial charge in [0.15, 0.2) is 26.8 Å². The van der Waals surface area contributed by atoms with Crippen LogP contribution in [-0.2, 0) is 39.9 Å². The SMILES string of the molecule is CC(=O)OC[C@H]1OC[C@@H](OC(=O)Cn2cnc3c(Cl)nc(I)nc32)[C@@H]1OC(C)=O. The second-order valence-electron chi connectivity index (χ2n) is 6.10. The summed E-state index contributed by atoms with van der Waals surface area (Å²) in [6.07, 6.45) is -1.07. The molecule has 1 saturated heterocycles. The number of hydrogen-bond donors (Lipinski definition) is 0. The van der Waals surface area contributed by atoms with Gasteiger partial charge in [-0.2, -0.15) is 0 Å². The molecule has 3 atom stereocenters. The Bertz CT molecular complexity index is 953. The fraction of sp³-hybridized carbons (Fsp3) is 0.500. The van der Waals surface area contributed by atoms with Gasteiger partial charge >= 0.3 is 17.9 Å². The lowest BCUT2D eigenvalue weighted by Gasteiger charge is -2.22. The third-order valence-corrected chi connectivity index (χ3v) is 4.68. The summed E-state index contributed by atoms with van der Waals surface area (Å²) in [5.41, 5.74) is 0.751. The summed E-state index contributed by atoms with van der Waals surface area (Å²) in [6.45, 7) is 2.15. The van der Waals surface area contributed by atoms with E-state index in [1.807, 2.05) is 22.6 Å². The number of halogens is 2. The standard InChI is InChI=1S/C16H16ClIN4O7/c1-7(23)26-4-9-13(28-8(2)24)10(5-27-9)29-11(25)3-22-6-19-12-14(17)20-16(18)21-15(12)22/h6,9-10,13H,3-5H2,1-2H3/t9-,10-,13-/m1/s1. The van der Waals surface area contributed by atoms with Gasteiger partial charge in [0, 0.05) is 36.4 Å². The molecule has 0 unspecified atom stereocenters. The van der Waals surface area contributed by atoms with Crippen LogP contribution in [0.1, 0.15) is 13.8 Å². The largest absolute Gasteiger partial charge is 0.463 e. The lowest BCUT2D eigenvalue weighted by Crippen LogP contribution is -2.40. The van der Waals surface area contributed by atoms with Crippen LogP contribution in [0.4, 0.5) is 0 Å². The lowest BCUT2D eigenvalue weighted by atomic mass is 10.1. The molecule has 0 aromatic carbocycles. The van der Waals surface area contributed by atoms with Gasteiger partial charge in [-0.05, 0) is 0 Å². The van der Waals surface area contributed by atoms with Gasteiger partial charge in [0.25, 0.3) is 0 Å². The van der Waals surface area contributed by atoms with E-state index in [1.165, 1.54) is 24.7 Å².